The van der Waals surface area contributed by atoms with Crippen LogP contribution >= 0.6 is 0 Å². The molecule has 0 unspecified atom stereocenters. The highest BCUT2D eigenvalue weighted by Crippen LogP contribution is 2.37. The lowest BCUT2D eigenvalue weighted by atomic mass is 9.91. The van der Waals surface area contributed by atoms with E-state index < -0.39 is 18.4 Å². The van der Waals surface area contributed by atoms with Gasteiger partial charge in [-0.15, -0.1) is 0 Å². The fourth-order valence-electron chi connectivity index (χ4n) is 4.69. The highest BCUT2D eigenvalue weighted by Gasteiger charge is 2.50. The van der Waals surface area contributed by atoms with Crippen molar-refractivity contribution >= 4 is 28.8 Å². The van der Waals surface area contributed by atoms with Gasteiger partial charge in [0.05, 0.1) is 25.6 Å². The molecule has 2 aromatic rings. The minimum absolute atomic E-state index is 0.00163. The molecule has 0 radical (unpaired) electrons. The van der Waals surface area contributed by atoms with Gasteiger partial charge in [0.2, 0.25) is 0 Å². The summed E-state index contributed by atoms with van der Waals surface area (Å²) in [4.78, 5) is 2.10. The molecule has 0 amide bonds. The minimum Gasteiger partial charge on any atom is -0.407 e. The Hall–Kier alpha value is -1.55. The molecule has 200 valence electrons. The summed E-state index contributed by atoms with van der Waals surface area (Å²) < 4.78 is 42.9. The van der Waals surface area contributed by atoms with Crippen LogP contribution in [0.2, 0.25) is 5.04 Å². The Kier molecular flexibility index (Phi) is 9.93. The maximum Gasteiger partial charge on any atom is 0.268 e. The van der Waals surface area contributed by atoms with Crippen molar-refractivity contribution in [3.8, 4) is 0 Å². The molecule has 1 fully saturated rings. The molecule has 2 aromatic carbocycles. The molecule has 0 spiro atoms. The molecule has 1 aliphatic rings. The van der Waals surface area contributed by atoms with Gasteiger partial charge in [-0.25, -0.2) is 0 Å². The largest absolute Gasteiger partial charge is 0.407 e. The fraction of sp³-hybridized carbons (Fsp3) is 0.571. The van der Waals surface area contributed by atoms with E-state index >= 15 is 0 Å². The van der Waals surface area contributed by atoms with E-state index in [4.69, 9.17) is 13.3 Å². The van der Waals surface area contributed by atoms with Gasteiger partial charge in [0.15, 0.2) is 0 Å². The van der Waals surface area contributed by atoms with E-state index in [1.54, 1.807) is 0 Å². The predicted octanol–water partition coefficient (Wildman–Crippen LogP) is 3.66. The average Bonchev–Trinajstić information content (AvgIpc) is 2.85. The van der Waals surface area contributed by atoms with Gasteiger partial charge in [-0.05, 0) is 27.2 Å². The van der Waals surface area contributed by atoms with Gasteiger partial charge in [-0.2, -0.15) is 8.42 Å². The Morgan fingerprint density at radius 2 is 1.42 bits per heavy atom. The summed E-state index contributed by atoms with van der Waals surface area (Å²) in [6.45, 7) is 14.8. The minimum atomic E-state index is -3.59. The Morgan fingerprint density at radius 1 is 0.889 bits per heavy atom. The monoisotopic (exact) mass is 533 g/mol. The normalized spacial score (nSPS) is 16.2. The second-order valence-corrected chi connectivity index (χ2v) is 17.5. The molecule has 0 N–H and O–H groups in total. The van der Waals surface area contributed by atoms with E-state index in [1.165, 1.54) is 10.4 Å². The maximum atomic E-state index is 12.5. The molecule has 1 saturated heterocycles. The SMILES string of the molecule is CC(C)(CCO[Si](c1ccccc1)(c1ccccc1)C(C)(C)C)COS(=O)(=O)CCN1CCOCC1. The number of rotatable bonds is 12. The molecule has 1 heterocycles. The van der Waals surface area contributed by atoms with Crippen LogP contribution in [0.15, 0.2) is 60.7 Å². The van der Waals surface area contributed by atoms with Gasteiger partial charge in [0.25, 0.3) is 18.4 Å². The van der Waals surface area contributed by atoms with Crippen LogP contribution in [-0.4, -0.2) is 73.4 Å². The van der Waals surface area contributed by atoms with Gasteiger partial charge in [-0.1, -0.05) is 95.3 Å². The molecule has 8 heteroatoms. The van der Waals surface area contributed by atoms with Gasteiger partial charge in [0, 0.05) is 26.2 Å². The highest BCUT2D eigenvalue weighted by atomic mass is 32.2. The van der Waals surface area contributed by atoms with Crippen molar-refractivity contribution in [2.75, 3.05) is 51.8 Å². The second kappa shape index (κ2) is 12.3. The number of ether oxygens (including phenoxy) is 1. The Morgan fingerprint density at radius 3 is 1.92 bits per heavy atom. The van der Waals surface area contributed by atoms with Crippen LogP contribution in [0.5, 0.6) is 0 Å². The molecular weight excluding hydrogens is 490 g/mol. The zero-order chi connectivity index (χ0) is 26.3. The second-order valence-electron chi connectivity index (χ2n) is 11.4. The molecule has 36 heavy (non-hydrogen) atoms. The van der Waals surface area contributed by atoms with Crippen LogP contribution in [0.25, 0.3) is 0 Å². The van der Waals surface area contributed by atoms with Crippen LogP contribution in [0.3, 0.4) is 0 Å². The van der Waals surface area contributed by atoms with E-state index in [1.807, 2.05) is 26.0 Å². The first-order chi connectivity index (χ1) is 17.0. The number of morpholine rings is 1. The third-order valence-corrected chi connectivity index (χ3v) is 13.1. The summed E-state index contributed by atoms with van der Waals surface area (Å²) in [6.07, 6.45) is 0.691. The number of nitrogens with zero attached hydrogens (tertiary/aromatic N) is 1. The Balaban J connectivity index is 1.66. The zero-order valence-corrected chi connectivity index (χ0v) is 24.4. The molecule has 0 atom stereocenters. The molecule has 0 bridgehead atoms. The smallest absolute Gasteiger partial charge is 0.268 e. The molecule has 0 aromatic heterocycles. The lowest BCUT2D eigenvalue weighted by molar-refractivity contribution is 0.0404. The van der Waals surface area contributed by atoms with Gasteiger partial charge in [-0.3, -0.25) is 9.08 Å². The van der Waals surface area contributed by atoms with Crippen molar-refractivity contribution in [3.63, 3.8) is 0 Å². The van der Waals surface area contributed by atoms with Crippen molar-refractivity contribution in [2.24, 2.45) is 5.41 Å². The lowest BCUT2D eigenvalue weighted by Gasteiger charge is -2.43. The Labute approximate surface area is 219 Å². The molecule has 0 saturated carbocycles. The lowest BCUT2D eigenvalue weighted by Crippen LogP contribution is -2.66. The molecule has 1 aliphatic heterocycles. The summed E-state index contributed by atoms with van der Waals surface area (Å²) >= 11 is 0. The molecular formula is C28H43NO5SSi. The number of hydrogen-bond donors (Lipinski definition) is 0. The quantitative estimate of drug-likeness (QED) is 0.307. The van der Waals surface area contributed by atoms with Crippen LogP contribution in [0, 0.1) is 5.41 Å². The van der Waals surface area contributed by atoms with Crippen molar-refractivity contribution in [1.82, 2.24) is 4.90 Å². The number of hydrogen-bond acceptors (Lipinski definition) is 6. The first-order valence-corrected chi connectivity index (χ1v) is 16.4. The molecule has 6 nitrogen and oxygen atoms in total. The van der Waals surface area contributed by atoms with Gasteiger partial charge < -0.3 is 9.16 Å². The summed E-state index contributed by atoms with van der Waals surface area (Å²) in [6, 6.07) is 21.1. The third-order valence-electron chi connectivity index (χ3n) is 6.90. The van der Waals surface area contributed by atoms with E-state index in [0.717, 1.165) is 13.1 Å². The standard InChI is InChI=1S/C28H43NO5SSi/c1-27(2,3)36(25-12-8-6-9-13-25,26-14-10-7-11-15-26)34-20-16-28(4,5)24-33-35(30,31)23-19-29-17-21-32-22-18-29/h6-15H,16-24H2,1-5H3. The van der Waals surface area contributed by atoms with Crippen LogP contribution in [0.1, 0.15) is 41.0 Å². The van der Waals surface area contributed by atoms with E-state index in [9.17, 15) is 8.42 Å². The topological polar surface area (TPSA) is 65.1 Å². The van der Waals surface area contributed by atoms with E-state index in [-0.39, 0.29) is 22.8 Å². The summed E-state index contributed by atoms with van der Waals surface area (Å²) in [7, 11) is -6.21. The third kappa shape index (κ3) is 7.73. The highest BCUT2D eigenvalue weighted by molar-refractivity contribution is 7.86. The maximum absolute atomic E-state index is 12.5. The van der Waals surface area contributed by atoms with Crippen LogP contribution in [-0.2, 0) is 23.5 Å². The molecule has 3 rings (SSSR count). The summed E-state index contributed by atoms with van der Waals surface area (Å²) in [5, 5.41) is 2.38. The van der Waals surface area contributed by atoms with Crippen molar-refractivity contribution in [3.05, 3.63) is 60.7 Å². The average molecular weight is 534 g/mol. The first kappa shape index (κ1) is 29.0. The molecule has 0 aliphatic carbocycles. The zero-order valence-electron chi connectivity index (χ0n) is 22.5. The van der Waals surface area contributed by atoms with E-state index in [2.05, 4.69) is 74.2 Å². The van der Waals surface area contributed by atoms with Crippen molar-refractivity contribution in [2.45, 2.75) is 46.1 Å². The fourth-order valence-corrected chi connectivity index (χ4v) is 10.4. The van der Waals surface area contributed by atoms with Crippen molar-refractivity contribution < 1.29 is 21.8 Å². The van der Waals surface area contributed by atoms with Gasteiger partial charge >= 0.3 is 0 Å². The Bertz CT molecular complexity index is 993. The van der Waals surface area contributed by atoms with E-state index in [0.29, 0.717) is 32.8 Å². The van der Waals surface area contributed by atoms with Gasteiger partial charge in [0.1, 0.15) is 0 Å². The summed E-state index contributed by atoms with van der Waals surface area (Å²) in [5.41, 5.74) is -0.350. The first-order valence-electron chi connectivity index (χ1n) is 12.9. The van der Waals surface area contributed by atoms with Crippen molar-refractivity contribution in [1.29, 1.82) is 0 Å². The van der Waals surface area contributed by atoms with Crippen LogP contribution in [0.4, 0.5) is 0 Å². The predicted molar refractivity (Wildman–Crippen MR) is 149 cm³/mol. The summed E-state index contributed by atoms with van der Waals surface area (Å²) in [5.74, 6) is 0.00163. The number of benzene rings is 2. The van der Waals surface area contributed by atoms with Crippen LogP contribution < -0.4 is 10.4 Å².